The zero-order chi connectivity index (χ0) is 21.1. The maximum atomic E-state index is 13.2. The predicted octanol–water partition coefficient (Wildman–Crippen LogP) is 3.34. The molecule has 8 heteroatoms. The quantitative estimate of drug-likeness (QED) is 0.804. The molecule has 1 N–H and O–H groups in total. The fraction of sp³-hybridized carbons (Fsp3) is 0.409. The molecule has 1 fully saturated rings. The maximum absolute atomic E-state index is 13.2. The van der Waals surface area contributed by atoms with E-state index in [1.165, 1.54) is 6.07 Å². The van der Waals surface area contributed by atoms with Crippen LogP contribution in [0.3, 0.4) is 0 Å². The Balaban J connectivity index is 1.51. The Bertz CT molecular complexity index is 1030. The van der Waals surface area contributed by atoms with Gasteiger partial charge in [0.2, 0.25) is 16.1 Å². The van der Waals surface area contributed by atoms with Crippen LogP contribution in [0.1, 0.15) is 31.2 Å². The van der Waals surface area contributed by atoms with E-state index < -0.39 is 16.1 Å². The molecular formula is C22H26N2O5S. The second-order valence-corrected chi connectivity index (χ2v) is 9.56. The summed E-state index contributed by atoms with van der Waals surface area (Å²) in [6.45, 7) is 2.93. The Kier molecular flexibility index (Phi) is 5.97. The summed E-state index contributed by atoms with van der Waals surface area (Å²) in [5.41, 5.74) is 1.07. The molecule has 0 bridgehead atoms. The number of fused-ring (bicyclic) bond motifs is 1. The van der Waals surface area contributed by atoms with Gasteiger partial charge in [-0.05, 0) is 49.6 Å². The number of para-hydroxylation sites is 2. The molecule has 2 heterocycles. The molecule has 1 unspecified atom stereocenters. The van der Waals surface area contributed by atoms with Gasteiger partial charge in [-0.15, -0.1) is 0 Å². The molecule has 160 valence electrons. The summed E-state index contributed by atoms with van der Waals surface area (Å²) < 4.78 is 39.3. The molecule has 30 heavy (non-hydrogen) atoms. The van der Waals surface area contributed by atoms with E-state index >= 15 is 0 Å². The van der Waals surface area contributed by atoms with E-state index in [4.69, 9.17) is 9.47 Å². The lowest BCUT2D eigenvalue weighted by Gasteiger charge is -2.26. The first kappa shape index (κ1) is 20.7. The van der Waals surface area contributed by atoms with Crippen molar-refractivity contribution >= 4 is 21.6 Å². The minimum absolute atomic E-state index is 0.0909. The van der Waals surface area contributed by atoms with Crippen molar-refractivity contribution in [1.29, 1.82) is 0 Å². The molecule has 2 aromatic carbocycles. The Morgan fingerprint density at radius 3 is 2.47 bits per heavy atom. The van der Waals surface area contributed by atoms with Crippen LogP contribution in [0.2, 0.25) is 0 Å². The number of rotatable bonds is 4. The van der Waals surface area contributed by atoms with Gasteiger partial charge >= 0.3 is 0 Å². The molecule has 0 radical (unpaired) electrons. The highest BCUT2D eigenvalue weighted by Crippen LogP contribution is 2.31. The summed E-state index contributed by atoms with van der Waals surface area (Å²) in [5, 5.41) is 2.77. The molecular weight excluding hydrogens is 404 g/mol. The van der Waals surface area contributed by atoms with E-state index in [9.17, 15) is 13.2 Å². The van der Waals surface area contributed by atoms with Gasteiger partial charge in [0.1, 0.15) is 6.61 Å². The van der Waals surface area contributed by atoms with Crippen molar-refractivity contribution in [2.24, 2.45) is 0 Å². The number of carbonyl (C=O) groups excluding carboxylic acids is 1. The van der Waals surface area contributed by atoms with Gasteiger partial charge < -0.3 is 14.8 Å². The molecule has 1 amide bonds. The molecule has 2 aliphatic heterocycles. The number of ether oxygens (including phenoxy) is 2. The van der Waals surface area contributed by atoms with E-state index in [2.05, 4.69) is 5.32 Å². The summed E-state index contributed by atoms with van der Waals surface area (Å²) >= 11 is 0. The van der Waals surface area contributed by atoms with Crippen LogP contribution in [0, 0.1) is 6.92 Å². The average Bonchev–Trinajstić information content (AvgIpc) is 3.05. The van der Waals surface area contributed by atoms with Crippen molar-refractivity contribution in [2.75, 3.05) is 25.0 Å². The third-order valence-electron chi connectivity index (χ3n) is 5.44. The van der Waals surface area contributed by atoms with Gasteiger partial charge in [0.05, 0.1) is 4.90 Å². The van der Waals surface area contributed by atoms with Crippen LogP contribution in [-0.4, -0.2) is 44.4 Å². The molecule has 2 aromatic rings. The largest absolute Gasteiger partial charge is 0.485 e. The second kappa shape index (κ2) is 8.65. The summed E-state index contributed by atoms with van der Waals surface area (Å²) in [5.74, 6) is 0.728. The predicted molar refractivity (Wildman–Crippen MR) is 113 cm³/mol. The average molecular weight is 431 g/mol. The molecule has 0 saturated carbocycles. The summed E-state index contributed by atoms with van der Waals surface area (Å²) in [4.78, 5) is 12.9. The Morgan fingerprint density at radius 2 is 1.73 bits per heavy atom. The number of nitrogens with zero attached hydrogens (tertiary/aromatic N) is 1. The SMILES string of the molecule is Cc1ccc(NC(=O)C2COc3ccccc3O2)cc1S(=O)(=O)N1CCCCCC1. The normalized spacial score (nSPS) is 19.7. The molecule has 0 spiro atoms. The van der Waals surface area contributed by atoms with Gasteiger partial charge in [-0.2, -0.15) is 4.31 Å². The monoisotopic (exact) mass is 430 g/mol. The number of hydrogen-bond acceptors (Lipinski definition) is 5. The maximum Gasteiger partial charge on any atom is 0.269 e. The minimum Gasteiger partial charge on any atom is -0.485 e. The van der Waals surface area contributed by atoms with Gasteiger partial charge in [0.25, 0.3) is 5.91 Å². The van der Waals surface area contributed by atoms with Gasteiger partial charge in [-0.3, -0.25) is 4.79 Å². The number of aryl methyl sites for hydroxylation is 1. The number of anilines is 1. The molecule has 0 aromatic heterocycles. The number of nitrogens with one attached hydrogen (secondary N) is 1. The number of carbonyl (C=O) groups is 1. The summed E-state index contributed by atoms with van der Waals surface area (Å²) in [7, 11) is -3.61. The van der Waals surface area contributed by atoms with Gasteiger partial charge in [-0.1, -0.05) is 31.0 Å². The Hall–Kier alpha value is -2.58. The van der Waals surface area contributed by atoms with E-state index in [1.807, 2.05) is 12.1 Å². The molecule has 7 nitrogen and oxygen atoms in total. The minimum atomic E-state index is -3.61. The zero-order valence-electron chi connectivity index (χ0n) is 17.0. The summed E-state index contributed by atoms with van der Waals surface area (Å²) in [6.07, 6.45) is 3.03. The topological polar surface area (TPSA) is 84.9 Å². The number of hydrogen-bond donors (Lipinski definition) is 1. The zero-order valence-corrected chi connectivity index (χ0v) is 17.8. The van der Waals surface area contributed by atoms with Gasteiger partial charge in [0.15, 0.2) is 11.5 Å². The number of benzene rings is 2. The van der Waals surface area contributed by atoms with Crippen molar-refractivity contribution in [1.82, 2.24) is 4.31 Å². The number of sulfonamides is 1. The molecule has 0 aliphatic carbocycles. The third-order valence-corrected chi connectivity index (χ3v) is 7.48. The van der Waals surface area contributed by atoms with Gasteiger partial charge in [0, 0.05) is 18.8 Å². The standard InChI is InChI=1S/C22H26N2O5S/c1-16-10-11-17(14-21(16)30(26,27)24-12-6-2-3-7-13-24)23-22(25)20-15-28-18-8-4-5-9-19(18)29-20/h4-5,8-11,14,20H,2-3,6-7,12-13,15H2,1H3,(H,23,25). The van der Waals surface area contributed by atoms with Crippen LogP contribution >= 0.6 is 0 Å². The molecule has 4 rings (SSSR count). The highest BCUT2D eigenvalue weighted by molar-refractivity contribution is 7.89. The number of amides is 1. The lowest BCUT2D eigenvalue weighted by atomic mass is 10.2. The first-order valence-corrected chi connectivity index (χ1v) is 11.7. The third kappa shape index (κ3) is 4.29. The van der Waals surface area contributed by atoms with Crippen molar-refractivity contribution in [3.8, 4) is 11.5 Å². The Labute approximate surface area is 177 Å². The molecule has 2 aliphatic rings. The van der Waals surface area contributed by atoms with Crippen LogP contribution in [-0.2, 0) is 14.8 Å². The first-order chi connectivity index (χ1) is 14.4. The molecule has 1 saturated heterocycles. The Morgan fingerprint density at radius 1 is 1.03 bits per heavy atom. The first-order valence-electron chi connectivity index (χ1n) is 10.3. The van der Waals surface area contributed by atoms with E-state index in [-0.39, 0.29) is 17.4 Å². The smallest absolute Gasteiger partial charge is 0.269 e. The van der Waals surface area contributed by atoms with Crippen molar-refractivity contribution in [2.45, 2.75) is 43.6 Å². The second-order valence-electron chi connectivity index (χ2n) is 7.65. The molecule has 1 atom stereocenters. The van der Waals surface area contributed by atoms with Crippen LogP contribution in [0.25, 0.3) is 0 Å². The van der Waals surface area contributed by atoms with Crippen molar-refractivity contribution in [3.63, 3.8) is 0 Å². The lowest BCUT2D eigenvalue weighted by molar-refractivity contribution is -0.125. The van der Waals surface area contributed by atoms with E-state index in [0.29, 0.717) is 35.8 Å². The fourth-order valence-electron chi connectivity index (χ4n) is 3.75. The fourth-order valence-corrected chi connectivity index (χ4v) is 5.52. The highest BCUT2D eigenvalue weighted by Gasteiger charge is 2.29. The highest BCUT2D eigenvalue weighted by atomic mass is 32.2. The van der Waals surface area contributed by atoms with Crippen LogP contribution in [0.4, 0.5) is 5.69 Å². The van der Waals surface area contributed by atoms with Crippen molar-refractivity contribution in [3.05, 3.63) is 48.0 Å². The van der Waals surface area contributed by atoms with E-state index in [1.54, 1.807) is 35.5 Å². The summed E-state index contributed by atoms with van der Waals surface area (Å²) in [6, 6.07) is 12.1. The van der Waals surface area contributed by atoms with Crippen LogP contribution in [0.5, 0.6) is 11.5 Å². The van der Waals surface area contributed by atoms with Gasteiger partial charge in [-0.25, -0.2) is 8.42 Å². The van der Waals surface area contributed by atoms with Crippen LogP contribution < -0.4 is 14.8 Å². The van der Waals surface area contributed by atoms with Crippen LogP contribution in [0.15, 0.2) is 47.4 Å². The van der Waals surface area contributed by atoms with E-state index in [0.717, 1.165) is 25.7 Å². The van der Waals surface area contributed by atoms with Crippen molar-refractivity contribution < 1.29 is 22.7 Å². The lowest BCUT2D eigenvalue weighted by Crippen LogP contribution is -2.40.